The minimum atomic E-state index is -0.485. The molecule has 2 unspecified atom stereocenters. The standard InChI is InChI=1S/C13H24N4O3/c1-13(6-2-3-7-13)12(19)17-16-9-4-5-10(20-8-9)11(18)15-14/h9-10,16H,2-8,14H2,1H3,(H,15,18)(H,17,19). The second kappa shape index (κ2) is 6.51. The van der Waals surface area contributed by atoms with E-state index in [0.29, 0.717) is 13.0 Å². The number of nitrogens with one attached hydrogen (secondary N) is 3. The van der Waals surface area contributed by atoms with Crippen molar-refractivity contribution in [3.05, 3.63) is 0 Å². The van der Waals surface area contributed by atoms with Crippen LogP contribution in [0.25, 0.3) is 0 Å². The summed E-state index contributed by atoms with van der Waals surface area (Å²) in [5.41, 5.74) is 7.65. The number of amides is 2. The summed E-state index contributed by atoms with van der Waals surface area (Å²) < 4.78 is 5.42. The lowest BCUT2D eigenvalue weighted by Gasteiger charge is -2.30. The predicted molar refractivity (Wildman–Crippen MR) is 72.9 cm³/mol. The van der Waals surface area contributed by atoms with E-state index in [4.69, 9.17) is 10.6 Å². The van der Waals surface area contributed by atoms with Gasteiger partial charge < -0.3 is 4.74 Å². The number of carbonyl (C=O) groups excluding carboxylic acids is 2. The molecule has 7 heteroatoms. The quantitative estimate of drug-likeness (QED) is 0.323. The summed E-state index contributed by atoms with van der Waals surface area (Å²) >= 11 is 0. The number of hydrogen-bond donors (Lipinski definition) is 4. The molecule has 0 radical (unpaired) electrons. The Bertz CT molecular complexity index is 361. The van der Waals surface area contributed by atoms with Gasteiger partial charge in [0.25, 0.3) is 5.91 Å². The molecular weight excluding hydrogens is 260 g/mol. The molecule has 1 saturated carbocycles. The summed E-state index contributed by atoms with van der Waals surface area (Å²) in [5.74, 6) is 4.82. The first kappa shape index (κ1) is 15.2. The Kier molecular flexibility index (Phi) is 4.95. The molecule has 5 N–H and O–H groups in total. The summed E-state index contributed by atoms with van der Waals surface area (Å²) in [6, 6.07) is 0.0331. The minimum Gasteiger partial charge on any atom is -0.367 e. The van der Waals surface area contributed by atoms with Crippen molar-refractivity contribution in [3.63, 3.8) is 0 Å². The number of rotatable bonds is 4. The maximum atomic E-state index is 12.1. The molecule has 0 bridgehead atoms. The molecule has 2 aliphatic rings. The van der Waals surface area contributed by atoms with E-state index < -0.39 is 6.10 Å². The van der Waals surface area contributed by atoms with Gasteiger partial charge in [0, 0.05) is 11.5 Å². The van der Waals surface area contributed by atoms with Crippen LogP contribution in [0.1, 0.15) is 45.4 Å². The fraction of sp³-hybridized carbons (Fsp3) is 0.846. The fourth-order valence-electron chi connectivity index (χ4n) is 2.87. The Hall–Kier alpha value is -1.18. The largest absolute Gasteiger partial charge is 0.367 e. The van der Waals surface area contributed by atoms with E-state index in [9.17, 15) is 9.59 Å². The average molecular weight is 284 g/mol. The molecule has 2 rings (SSSR count). The first-order chi connectivity index (χ1) is 9.55. The predicted octanol–water partition coefficient (Wildman–Crippen LogP) is -0.275. The molecule has 1 aliphatic carbocycles. The number of ether oxygens (including phenoxy) is 1. The zero-order chi connectivity index (χ0) is 14.6. The summed E-state index contributed by atoms with van der Waals surface area (Å²) in [4.78, 5) is 23.4. The lowest BCUT2D eigenvalue weighted by Crippen LogP contribution is -2.54. The number of carbonyl (C=O) groups is 2. The SMILES string of the molecule is CC1(C(=O)NNC2CCC(C(=O)NN)OC2)CCCC1. The van der Waals surface area contributed by atoms with Gasteiger partial charge in [0.2, 0.25) is 5.91 Å². The highest BCUT2D eigenvalue weighted by Gasteiger charge is 2.36. The number of hydrazine groups is 2. The van der Waals surface area contributed by atoms with E-state index in [-0.39, 0.29) is 23.3 Å². The van der Waals surface area contributed by atoms with Crippen LogP contribution < -0.4 is 22.1 Å². The van der Waals surface area contributed by atoms with Gasteiger partial charge in [0.15, 0.2) is 0 Å². The minimum absolute atomic E-state index is 0.0331. The monoisotopic (exact) mass is 284 g/mol. The molecule has 0 aromatic heterocycles. The first-order valence-electron chi connectivity index (χ1n) is 7.23. The number of nitrogens with two attached hydrogens (primary N) is 1. The lowest BCUT2D eigenvalue weighted by atomic mass is 9.88. The third kappa shape index (κ3) is 3.47. The van der Waals surface area contributed by atoms with E-state index >= 15 is 0 Å². The molecule has 1 aliphatic heterocycles. The number of hydrogen-bond acceptors (Lipinski definition) is 5. The van der Waals surface area contributed by atoms with Crippen molar-refractivity contribution >= 4 is 11.8 Å². The molecule has 20 heavy (non-hydrogen) atoms. The molecule has 114 valence electrons. The van der Waals surface area contributed by atoms with Crippen molar-refractivity contribution < 1.29 is 14.3 Å². The van der Waals surface area contributed by atoms with Crippen LogP contribution in [-0.2, 0) is 14.3 Å². The van der Waals surface area contributed by atoms with E-state index in [2.05, 4.69) is 16.3 Å². The molecule has 1 saturated heterocycles. The van der Waals surface area contributed by atoms with Crippen molar-refractivity contribution in [3.8, 4) is 0 Å². The second-order valence-electron chi connectivity index (χ2n) is 5.97. The molecule has 0 aromatic rings. The molecule has 0 spiro atoms. The maximum absolute atomic E-state index is 12.1. The second-order valence-corrected chi connectivity index (χ2v) is 5.97. The molecule has 0 aromatic carbocycles. The van der Waals surface area contributed by atoms with Gasteiger partial charge in [-0.15, -0.1) is 0 Å². The fourth-order valence-corrected chi connectivity index (χ4v) is 2.87. The summed E-state index contributed by atoms with van der Waals surface area (Å²) in [5, 5.41) is 0. The van der Waals surface area contributed by atoms with Gasteiger partial charge in [-0.1, -0.05) is 19.8 Å². The third-order valence-corrected chi connectivity index (χ3v) is 4.36. The zero-order valence-electron chi connectivity index (χ0n) is 11.9. The van der Waals surface area contributed by atoms with E-state index in [0.717, 1.165) is 32.1 Å². The van der Waals surface area contributed by atoms with Crippen molar-refractivity contribution in [2.24, 2.45) is 11.3 Å². The van der Waals surface area contributed by atoms with Gasteiger partial charge in [-0.2, -0.15) is 0 Å². The van der Waals surface area contributed by atoms with Crippen LogP contribution in [-0.4, -0.2) is 30.6 Å². The van der Waals surface area contributed by atoms with E-state index in [1.807, 2.05) is 6.92 Å². The molecule has 2 fully saturated rings. The van der Waals surface area contributed by atoms with Crippen LogP contribution in [0.4, 0.5) is 0 Å². The Morgan fingerprint density at radius 1 is 1.25 bits per heavy atom. The van der Waals surface area contributed by atoms with Gasteiger partial charge in [-0.3, -0.25) is 20.4 Å². The summed E-state index contributed by atoms with van der Waals surface area (Å²) in [6.07, 6.45) is 4.99. The van der Waals surface area contributed by atoms with Gasteiger partial charge in [0.05, 0.1) is 6.61 Å². The Morgan fingerprint density at radius 2 is 1.95 bits per heavy atom. The van der Waals surface area contributed by atoms with Gasteiger partial charge in [-0.25, -0.2) is 11.3 Å². The van der Waals surface area contributed by atoms with E-state index in [1.165, 1.54) is 0 Å². The van der Waals surface area contributed by atoms with Crippen molar-refractivity contribution in [1.82, 2.24) is 16.3 Å². The van der Waals surface area contributed by atoms with E-state index in [1.54, 1.807) is 0 Å². The van der Waals surface area contributed by atoms with Crippen molar-refractivity contribution in [2.45, 2.75) is 57.6 Å². The van der Waals surface area contributed by atoms with Gasteiger partial charge in [-0.05, 0) is 25.7 Å². The Balaban J connectivity index is 1.71. The van der Waals surface area contributed by atoms with Crippen LogP contribution in [0.3, 0.4) is 0 Å². The highest BCUT2D eigenvalue weighted by atomic mass is 16.5. The molecule has 7 nitrogen and oxygen atoms in total. The zero-order valence-corrected chi connectivity index (χ0v) is 11.9. The summed E-state index contributed by atoms with van der Waals surface area (Å²) in [7, 11) is 0. The van der Waals surface area contributed by atoms with Crippen molar-refractivity contribution in [2.75, 3.05) is 6.61 Å². The highest BCUT2D eigenvalue weighted by Crippen LogP contribution is 2.37. The highest BCUT2D eigenvalue weighted by molar-refractivity contribution is 5.82. The molecule has 2 atom stereocenters. The van der Waals surface area contributed by atoms with Crippen LogP contribution in [0, 0.1) is 5.41 Å². The van der Waals surface area contributed by atoms with Gasteiger partial charge in [0.1, 0.15) is 6.10 Å². The third-order valence-electron chi connectivity index (χ3n) is 4.36. The molecular formula is C13H24N4O3. The van der Waals surface area contributed by atoms with Crippen LogP contribution >= 0.6 is 0 Å². The summed E-state index contributed by atoms with van der Waals surface area (Å²) in [6.45, 7) is 2.39. The molecule has 1 heterocycles. The van der Waals surface area contributed by atoms with Crippen LogP contribution in [0.2, 0.25) is 0 Å². The smallest absolute Gasteiger partial charge is 0.262 e. The average Bonchev–Trinajstić information content (AvgIpc) is 2.92. The topological polar surface area (TPSA) is 105 Å². The first-order valence-corrected chi connectivity index (χ1v) is 7.23. The lowest BCUT2D eigenvalue weighted by molar-refractivity contribution is -0.138. The van der Waals surface area contributed by atoms with Crippen LogP contribution in [0.5, 0.6) is 0 Å². The molecule has 2 amide bonds. The Labute approximate surface area is 118 Å². The maximum Gasteiger partial charge on any atom is 0.262 e. The van der Waals surface area contributed by atoms with Crippen LogP contribution in [0.15, 0.2) is 0 Å². The van der Waals surface area contributed by atoms with Crippen molar-refractivity contribution in [1.29, 1.82) is 0 Å². The normalized spacial score (nSPS) is 28.9. The van der Waals surface area contributed by atoms with Gasteiger partial charge >= 0.3 is 0 Å². The Morgan fingerprint density at radius 3 is 2.50 bits per heavy atom.